The van der Waals surface area contributed by atoms with Crippen LogP contribution in [0.25, 0.3) is 0 Å². The van der Waals surface area contributed by atoms with Crippen molar-refractivity contribution < 1.29 is 4.79 Å². The van der Waals surface area contributed by atoms with E-state index in [4.69, 9.17) is 6.42 Å². The van der Waals surface area contributed by atoms with E-state index in [0.717, 1.165) is 11.1 Å². The van der Waals surface area contributed by atoms with Crippen molar-refractivity contribution in [2.24, 2.45) is 4.99 Å². The van der Waals surface area contributed by atoms with E-state index in [-0.39, 0.29) is 12.3 Å². The van der Waals surface area contributed by atoms with Crippen LogP contribution in [0.3, 0.4) is 0 Å². The van der Waals surface area contributed by atoms with Crippen molar-refractivity contribution in [3.63, 3.8) is 0 Å². The number of amides is 1. The number of carbonyl (C=O) groups excluding carboxylic acids is 1. The zero-order valence-electron chi connectivity index (χ0n) is 10.4. The molecule has 0 aliphatic carbocycles. The van der Waals surface area contributed by atoms with E-state index < -0.39 is 0 Å². The van der Waals surface area contributed by atoms with Gasteiger partial charge in [-0.1, -0.05) is 60.7 Å². The van der Waals surface area contributed by atoms with Gasteiger partial charge in [0.2, 0.25) is 0 Å². The number of hydrogen-bond acceptors (Lipinski definition) is 1. The lowest BCUT2D eigenvalue weighted by Gasteiger charge is -2.00. The standard InChI is InChI=1S/C17H13NO/c1-2-16(15-11-7-4-8-12-15)18-17(19)13-14-9-5-3-6-10-14/h1,3-12H,13H2. The molecule has 2 rings (SSSR count). The molecule has 0 aliphatic rings. The highest BCUT2D eigenvalue weighted by atomic mass is 16.1. The molecule has 0 atom stereocenters. The molecule has 0 saturated carbocycles. The summed E-state index contributed by atoms with van der Waals surface area (Å²) in [6.07, 6.45) is 5.68. The number of terminal acetylenes is 1. The van der Waals surface area contributed by atoms with E-state index >= 15 is 0 Å². The fraction of sp³-hybridized carbons (Fsp3) is 0.0588. The maximum absolute atomic E-state index is 11.9. The van der Waals surface area contributed by atoms with Crippen LogP contribution in [0.4, 0.5) is 0 Å². The second-order valence-corrected chi connectivity index (χ2v) is 4.03. The third-order valence-corrected chi connectivity index (χ3v) is 2.62. The lowest BCUT2D eigenvalue weighted by Crippen LogP contribution is -2.05. The number of rotatable bonds is 3. The van der Waals surface area contributed by atoms with Gasteiger partial charge in [-0.25, -0.2) is 4.99 Å². The van der Waals surface area contributed by atoms with Gasteiger partial charge in [-0.3, -0.25) is 4.79 Å². The minimum absolute atomic E-state index is 0.233. The smallest absolute Gasteiger partial charge is 0.251 e. The van der Waals surface area contributed by atoms with Gasteiger partial charge in [0.15, 0.2) is 0 Å². The van der Waals surface area contributed by atoms with Crippen molar-refractivity contribution in [1.82, 2.24) is 0 Å². The van der Waals surface area contributed by atoms with Gasteiger partial charge < -0.3 is 0 Å². The number of hydrogen-bond donors (Lipinski definition) is 0. The number of benzene rings is 2. The largest absolute Gasteiger partial charge is 0.272 e. The third kappa shape index (κ3) is 3.65. The molecular formula is C17H13NO. The van der Waals surface area contributed by atoms with Crippen LogP contribution in [0.1, 0.15) is 11.1 Å². The van der Waals surface area contributed by atoms with Crippen LogP contribution in [-0.4, -0.2) is 11.6 Å². The molecule has 2 nitrogen and oxygen atoms in total. The highest BCUT2D eigenvalue weighted by Crippen LogP contribution is 2.04. The van der Waals surface area contributed by atoms with Crippen LogP contribution in [0.5, 0.6) is 0 Å². The highest BCUT2D eigenvalue weighted by Gasteiger charge is 2.05. The Balaban J connectivity index is 2.16. The van der Waals surface area contributed by atoms with E-state index in [1.165, 1.54) is 0 Å². The first-order chi connectivity index (χ1) is 9.29. The second-order valence-electron chi connectivity index (χ2n) is 4.03. The van der Waals surface area contributed by atoms with Crippen LogP contribution < -0.4 is 0 Å². The SMILES string of the molecule is C#CC(=NC(=O)Cc1ccccc1)c1ccccc1. The minimum Gasteiger partial charge on any atom is -0.272 e. The fourth-order valence-corrected chi connectivity index (χ4v) is 1.71. The van der Waals surface area contributed by atoms with Crippen molar-refractivity contribution in [2.75, 3.05) is 0 Å². The Labute approximate surface area is 112 Å². The van der Waals surface area contributed by atoms with Gasteiger partial charge in [0.1, 0.15) is 5.71 Å². The summed E-state index contributed by atoms with van der Waals surface area (Å²) in [6.45, 7) is 0. The molecular weight excluding hydrogens is 234 g/mol. The zero-order valence-corrected chi connectivity index (χ0v) is 10.4. The summed E-state index contributed by atoms with van der Waals surface area (Å²) in [6, 6.07) is 18.8. The topological polar surface area (TPSA) is 29.4 Å². The van der Waals surface area contributed by atoms with Gasteiger partial charge in [-0.15, -0.1) is 6.42 Å². The van der Waals surface area contributed by atoms with E-state index in [2.05, 4.69) is 10.9 Å². The molecule has 1 amide bonds. The molecule has 2 heteroatoms. The van der Waals surface area contributed by atoms with Crippen molar-refractivity contribution in [1.29, 1.82) is 0 Å². The van der Waals surface area contributed by atoms with Gasteiger partial charge in [0.25, 0.3) is 5.91 Å². The van der Waals surface area contributed by atoms with E-state index in [1.807, 2.05) is 60.7 Å². The van der Waals surface area contributed by atoms with Crippen LogP contribution >= 0.6 is 0 Å². The average Bonchev–Trinajstić information content (AvgIpc) is 2.47. The lowest BCUT2D eigenvalue weighted by molar-refractivity contribution is -0.117. The maximum atomic E-state index is 11.9. The molecule has 0 unspecified atom stereocenters. The summed E-state index contributed by atoms with van der Waals surface area (Å²) in [5, 5.41) is 0. The summed E-state index contributed by atoms with van der Waals surface area (Å²) >= 11 is 0. The third-order valence-electron chi connectivity index (χ3n) is 2.62. The Morgan fingerprint density at radius 3 is 2.16 bits per heavy atom. The van der Waals surface area contributed by atoms with Gasteiger partial charge in [0, 0.05) is 5.56 Å². The van der Waals surface area contributed by atoms with Gasteiger partial charge >= 0.3 is 0 Å². The second kappa shape index (κ2) is 6.32. The molecule has 0 bridgehead atoms. The molecule has 0 spiro atoms. The normalized spacial score (nSPS) is 10.8. The van der Waals surface area contributed by atoms with Crippen molar-refractivity contribution in [3.05, 3.63) is 71.8 Å². The Morgan fingerprint density at radius 2 is 1.58 bits per heavy atom. The van der Waals surface area contributed by atoms with E-state index in [0.29, 0.717) is 5.71 Å². The number of nitrogens with zero attached hydrogens (tertiary/aromatic N) is 1. The molecule has 0 aromatic heterocycles. The van der Waals surface area contributed by atoms with Gasteiger partial charge in [0.05, 0.1) is 6.42 Å². The minimum atomic E-state index is -0.233. The fourth-order valence-electron chi connectivity index (χ4n) is 1.71. The molecule has 92 valence electrons. The Kier molecular flexibility index (Phi) is 4.25. The average molecular weight is 247 g/mol. The first-order valence-corrected chi connectivity index (χ1v) is 5.97. The van der Waals surface area contributed by atoms with Crippen molar-refractivity contribution in [2.45, 2.75) is 6.42 Å². The number of aliphatic imine (C=N–C) groups is 1. The van der Waals surface area contributed by atoms with Crippen LogP contribution in [-0.2, 0) is 11.2 Å². The van der Waals surface area contributed by atoms with Crippen LogP contribution in [0.2, 0.25) is 0 Å². The predicted molar refractivity (Wildman–Crippen MR) is 77.0 cm³/mol. The summed E-state index contributed by atoms with van der Waals surface area (Å²) in [4.78, 5) is 15.9. The molecule has 19 heavy (non-hydrogen) atoms. The Hall–Kier alpha value is -2.66. The van der Waals surface area contributed by atoms with Crippen LogP contribution in [0.15, 0.2) is 65.7 Å². The zero-order chi connectivity index (χ0) is 13.5. The van der Waals surface area contributed by atoms with Crippen molar-refractivity contribution >= 4 is 11.6 Å². The molecule has 0 heterocycles. The predicted octanol–water partition coefficient (Wildman–Crippen LogP) is 2.88. The van der Waals surface area contributed by atoms with Crippen molar-refractivity contribution in [3.8, 4) is 12.3 Å². The van der Waals surface area contributed by atoms with Crippen LogP contribution in [0, 0.1) is 12.3 Å². The quantitative estimate of drug-likeness (QED) is 0.605. The van der Waals surface area contributed by atoms with Gasteiger partial charge in [-0.2, -0.15) is 0 Å². The molecule has 0 N–H and O–H groups in total. The lowest BCUT2D eigenvalue weighted by atomic mass is 10.1. The molecule has 0 radical (unpaired) electrons. The first kappa shape index (κ1) is 12.8. The first-order valence-electron chi connectivity index (χ1n) is 5.97. The summed E-state index contributed by atoms with van der Waals surface area (Å²) in [5.41, 5.74) is 2.09. The summed E-state index contributed by atoms with van der Waals surface area (Å²) < 4.78 is 0. The Morgan fingerprint density at radius 1 is 1.00 bits per heavy atom. The van der Waals surface area contributed by atoms with Gasteiger partial charge in [-0.05, 0) is 11.5 Å². The monoisotopic (exact) mass is 247 g/mol. The molecule has 2 aromatic rings. The summed E-state index contributed by atoms with van der Waals surface area (Å²) in [7, 11) is 0. The molecule has 0 saturated heterocycles. The summed E-state index contributed by atoms with van der Waals surface area (Å²) in [5.74, 6) is 2.23. The Bertz CT molecular complexity index is 621. The maximum Gasteiger partial charge on any atom is 0.251 e. The molecule has 0 fully saturated rings. The van der Waals surface area contributed by atoms with E-state index in [9.17, 15) is 4.79 Å². The number of carbonyl (C=O) groups is 1. The molecule has 0 aliphatic heterocycles. The highest BCUT2D eigenvalue weighted by molar-refractivity contribution is 6.16. The van der Waals surface area contributed by atoms with E-state index in [1.54, 1.807) is 0 Å². The molecule has 2 aromatic carbocycles.